The molecule has 0 spiro atoms. The zero-order valence-corrected chi connectivity index (χ0v) is 15.9. The highest BCUT2D eigenvalue weighted by Gasteiger charge is 2.33. The lowest BCUT2D eigenvalue weighted by Gasteiger charge is -2.28. The Morgan fingerprint density at radius 1 is 1.23 bits per heavy atom. The SMILES string of the molecule is CCCCC1Nc2c(N)nc3ccsc3c2N1Cc1ccccc1CN. The van der Waals surface area contributed by atoms with Gasteiger partial charge >= 0.3 is 0 Å². The number of aromatic nitrogens is 1. The minimum absolute atomic E-state index is 0.229. The fourth-order valence-electron chi connectivity index (χ4n) is 3.71. The summed E-state index contributed by atoms with van der Waals surface area (Å²) in [6.07, 6.45) is 3.64. The first-order chi connectivity index (χ1) is 12.7. The van der Waals surface area contributed by atoms with Gasteiger partial charge < -0.3 is 21.7 Å². The first-order valence-corrected chi connectivity index (χ1v) is 10.1. The van der Waals surface area contributed by atoms with Gasteiger partial charge in [-0.15, -0.1) is 11.3 Å². The Hall–Kier alpha value is -2.31. The van der Waals surface area contributed by atoms with Crippen molar-refractivity contribution >= 4 is 38.7 Å². The van der Waals surface area contributed by atoms with Crippen LogP contribution in [0.3, 0.4) is 0 Å². The minimum Gasteiger partial charge on any atom is -0.382 e. The quantitative estimate of drug-likeness (QED) is 0.606. The monoisotopic (exact) mass is 367 g/mol. The van der Waals surface area contributed by atoms with Crippen LogP contribution in [0, 0.1) is 0 Å². The molecule has 136 valence electrons. The molecular formula is C20H25N5S. The molecule has 3 aromatic rings. The Morgan fingerprint density at radius 2 is 2.04 bits per heavy atom. The molecule has 4 rings (SSSR count). The number of nitrogen functional groups attached to an aromatic ring is 1. The lowest BCUT2D eigenvalue weighted by molar-refractivity contribution is 0.584. The van der Waals surface area contributed by atoms with Gasteiger partial charge in [0.15, 0.2) is 0 Å². The normalized spacial score (nSPS) is 16.1. The standard InChI is InChI=1S/C20H25N5S/c1-2-3-8-16-24-17-18(19-15(9-10-26-19)23-20(17)22)25(16)12-14-7-5-4-6-13(14)11-21/h4-7,9-10,16,24H,2-3,8,11-12,21H2,1H3,(H2,22,23). The largest absolute Gasteiger partial charge is 0.382 e. The highest BCUT2D eigenvalue weighted by molar-refractivity contribution is 7.17. The van der Waals surface area contributed by atoms with Crippen molar-refractivity contribution in [1.82, 2.24) is 4.98 Å². The van der Waals surface area contributed by atoms with Gasteiger partial charge in [0.1, 0.15) is 11.5 Å². The number of pyridine rings is 1. The van der Waals surface area contributed by atoms with Crippen molar-refractivity contribution in [2.75, 3.05) is 16.0 Å². The van der Waals surface area contributed by atoms with E-state index in [9.17, 15) is 0 Å². The van der Waals surface area contributed by atoms with Crippen LogP contribution in [0.5, 0.6) is 0 Å². The second kappa shape index (κ2) is 7.13. The average molecular weight is 368 g/mol. The first kappa shape index (κ1) is 17.1. The van der Waals surface area contributed by atoms with E-state index in [-0.39, 0.29) is 6.17 Å². The number of nitrogens with two attached hydrogens (primary N) is 2. The average Bonchev–Trinajstić information content (AvgIpc) is 3.25. The van der Waals surface area contributed by atoms with Gasteiger partial charge in [-0.1, -0.05) is 37.6 Å². The van der Waals surface area contributed by atoms with Gasteiger partial charge in [-0.2, -0.15) is 0 Å². The lowest BCUT2D eigenvalue weighted by Crippen LogP contribution is -2.35. The molecule has 6 heteroatoms. The van der Waals surface area contributed by atoms with Crippen LogP contribution >= 0.6 is 11.3 Å². The van der Waals surface area contributed by atoms with E-state index in [1.165, 1.54) is 34.4 Å². The van der Waals surface area contributed by atoms with Crippen LogP contribution in [0.1, 0.15) is 37.3 Å². The molecule has 5 N–H and O–H groups in total. The van der Waals surface area contributed by atoms with Crippen molar-refractivity contribution in [3.8, 4) is 0 Å². The predicted octanol–water partition coefficient (Wildman–Crippen LogP) is 4.29. The molecule has 1 unspecified atom stereocenters. The number of nitrogens with one attached hydrogen (secondary N) is 1. The fraction of sp³-hybridized carbons (Fsp3) is 0.350. The van der Waals surface area contributed by atoms with Gasteiger partial charge in [0, 0.05) is 13.1 Å². The molecule has 0 radical (unpaired) electrons. The Morgan fingerprint density at radius 3 is 2.81 bits per heavy atom. The summed E-state index contributed by atoms with van der Waals surface area (Å²) in [5, 5.41) is 5.73. The zero-order chi connectivity index (χ0) is 18.1. The van der Waals surface area contributed by atoms with Crippen molar-refractivity contribution in [1.29, 1.82) is 0 Å². The van der Waals surface area contributed by atoms with Gasteiger partial charge in [-0.05, 0) is 35.4 Å². The van der Waals surface area contributed by atoms with Crippen LogP contribution in [0.4, 0.5) is 17.2 Å². The van der Waals surface area contributed by atoms with E-state index >= 15 is 0 Å². The maximum atomic E-state index is 6.28. The van der Waals surface area contributed by atoms with Gasteiger partial charge in [0.25, 0.3) is 0 Å². The van der Waals surface area contributed by atoms with E-state index in [0.29, 0.717) is 12.4 Å². The Bertz CT molecular complexity index is 920. The summed E-state index contributed by atoms with van der Waals surface area (Å²) in [4.78, 5) is 7.03. The summed E-state index contributed by atoms with van der Waals surface area (Å²) in [5.41, 5.74) is 17.9. The number of benzene rings is 1. The number of fused-ring (bicyclic) bond motifs is 3. The second-order valence-electron chi connectivity index (χ2n) is 6.76. The van der Waals surface area contributed by atoms with Gasteiger partial charge in [-0.3, -0.25) is 0 Å². The maximum Gasteiger partial charge on any atom is 0.149 e. The minimum atomic E-state index is 0.229. The summed E-state index contributed by atoms with van der Waals surface area (Å²) in [6.45, 7) is 3.60. The smallest absolute Gasteiger partial charge is 0.149 e. The van der Waals surface area contributed by atoms with Crippen molar-refractivity contribution in [2.45, 2.75) is 45.4 Å². The number of rotatable bonds is 6. The van der Waals surface area contributed by atoms with Crippen LogP contribution in [-0.4, -0.2) is 11.1 Å². The molecule has 0 aliphatic carbocycles. The molecule has 1 atom stereocenters. The fourth-order valence-corrected chi connectivity index (χ4v) is 4.61. The molecule has 0 amide bonds. The molecule has 0 bridgehead atoms. The highest BCUT2D eigenvalue weighted by Crippen LogP contribution is 2.46. The van der Waals surface area contributed by atoms with Crippen LogP contribution in [0.2, 0.25) is 0 Å². The highest BCUT2D eigenvalue weighted by atomic mass is 32.1. The lowest BCUT2D eigenvalue weighted by atomic mass is 10.1. The first-order valence-electron chi connectivity index (χ1n) is 9.19. The maximum absolute atomic E-state index is 6.28. The van der Waals surface area contributed by atoms with E-state index in [1.54, 1.807) is 11.3 Å². The third kappa shape index (κ3) is 2.89. The van der Waals surface area contributed by atoms with Gasteiger partial charge in [0.05, 0.1) is 22.1 Å². The molecule has 1 aliphatic heterocycles. The molecule has 26 heavy (non-hydrogen) atoms. The van der Waals surface area contributed by atoms with Crippen LogP contribution in [0.15, 0.2) is 35.7 Å². The van der Waals surface area contributed by atoms with E-state index in [2.05, 4.69) is 51.8 Å². The molecule has 0 fully saturated rings. The summed E-state index contributed by atoms with van der Waals surface area (Å²) in [6, 6.07) is 10.5. The topological polar surface area (TPSA) is 80.2 Å². The van der Waals surface area contributed by atoms with E-state index in [0.717, 1.165) is 24.2 Å². The third-order valence-electron chi connectivity index (χ3n) is 5.08. The Labute approximate surface area is 158 Å². The van der Waals surface area contributed by atoms with Crippen LogP contribution in [0.25, 0.3) is 10.2 Å². The number of unbranched alkanes of at least 4 members (excludes halogenated alkanes) is 1. The van der Waals surface area contributed by atoms with E-state index in [1.807, 2.05) is 6.07 Å². The number of hydrogen-bond acceptors (Lipinski definition) is 6. The summed E-state index contributed by atoms with van der Waals surface area (Å²) in [5.74, 6) is 0.585. The van der Waals surface area contributed by atoms with E-state index < -0.39 is 0 Å². The van der Waals surface area contributed by atoms with Crippen molar-refractivity contribution < 1.29 is 0 Å². The Balaban J connectivity index is 1.79. The van der Waals surface area contributed by atoms with Crippen molar-refractivity contribution in [3.63, 3.8) is 0 Å². The molecule has 0 saturated heterocycles. The molecule has 0 saturated carbocycles. The summed E-state index contributed by atoms with van der Waals surface area (Å²) < 4.78 is 1.20. The van der Waals surface area contributed by atoms with Crippen molar-refractivity contribution in [2.24, 2.45) is 5.73 Å². The van der Waals surface area contributed by atoms with Crippen LogP contribution in [-0.2, 0) is 13.1 Å². The molecule has 1 aliphatic rings. The summed E-state index contributed by atoms with van der Waals surface area (Å²) in [7, 11) is 0. The predicted molar refractivity (Wildman–Crippen MR) is 111 cm³/mol. The molecule has 5 nitrogen and oxygen atoms in total. The van der Waals surface area contributed by atoms with E-state index in [4.69, 9.17) is 11.5 Å². The van der Waals surface area contributed by atoms with Crippen LogP contribution < -0.4 is 21.7 Å². The van der Waals surface area contributed by atoms with Gasteiger partial charge in [0.2, 0.25) is 0 Å². The molecule has 2 aromatic heterocycles. The molecular weight excluding hydrogens is 342 g/mol. The summed E-state index contributed by atoms with van der Waals surface area (Å²) >= 11 is 1.73. The zero-order valence-electron chi connectivity index (χ0n) is 15.0. The third-order valence-corrected chi connectivity index (χ3v) is 5.99. The number of nitrogens with zero attached hydrogens (tertiary/aromatic N) is 2. The number of hydrogen-bond donors (Lipinski definition) is 3. The van der Waals surface area contributed by atoms with Crippen molar-refractivity contribution in [3.05, 3.63) is 46.8 Å². The molecule has 1 aromatic carbocycles. The Kier molecular flexibility index (Phi) is 4.70. The second-order valence-corrected chi connectivity index (χ2v) is 7.67. The number of thiophene rings is 1. The van der Waals surface area contributed by atoms with Gasteiger partial charge in [-0.25, -0.2) is 4.98 Å². The number of anilines is 3. The molecule has 3 heterocycles.